The van der Waals surface area contributed by atoms with Crippen molar-refractivity contribution < 1.29 is 5.21 Å². The van der Waals surface area contributed by atoms with Crippen LogP contribution in [-0.4, -0.2) is 17.1 Å². The normalized spacial score (nSPS) is 22.2. The number of rotatable bonds is 4. The number of amidine groups is 1. The molecular formula is C17H27N3O. The number of nitrogens with one attached hydrogen (secondary N) is 1. The van der Waals surface area contributed by atoms with Crippen LogP contribution in [0.4, 0.5) is 0 Å². The first-order valence-electron chi connectivity index (χ1n) is 7.72. The van der Waals surface area contributed by atoms with E-state index in [0.29, 0.717) is 11.5 Å². The molecule has 21 heavy (non-hydrogen) atoms. The van der Waals surface area contributed by atoms with Crippen LogP contribution in [0.2, 0.25) is 0 Å². The molecule has 1 aliphatic rings. The highest BCUT2D eigenvalue weighted by molar-refractivity contribution is 5.97. The molecule has 0 saturated heterocycles. The molecule has 1 aromatic rings. The van der Waals surface area contributed by atoms with Gasteiger partial charge in [0.15, 0.2) is 5.84 Å². The van der Waals surface area contributed by atoms with Gasteiger partial charge in [-0.25, -0.2) is 0 Å². The number of hydrogen-bond acceptors (Lipinski definition) is 3. The van der Waals surface area contributed by atoms with Gasteiger partial charge in [-0.3, -0.25) is 0 Å². The molecule has 1 atom stereocenters. The Morgan fingerprint density at radius 3 is 2.86 bits per heavy atom. The minimum absolute atomic E-state index is 0.159. The molecule has 0 bridgehead atoms. The maximum Gasteiger partial charge on any atom is 0.170 e. The Kier molecular flexibility index (Phi) is 4.88. The van der Waals surface area contributed by atoms with Crippen molar-refractivity contribution in [1.29, 1.82) is 0 Å². The molecule has 0 heterocycles. The van der Waals surface area contributed by atoms with E-state index in [1.54, 1.807) is 0 Å². The second-order valence-corrected chi connectivity index (χ2v) is 6.96. The van der Waals surface area contributed by atoms with E-state index in [-0.39, 0.29) is 5.84 Å². The van der Waals surface area contributed by atoms with Crippen molar-refractivity contribution in [1.82, 2.24) is 5.32 Å². The maximum absolute atomic E-state index is 8.72. The number of nitrogens with two attached hydrogens (primary N) is 1. The lowest BCUT2D eigenvalue weighted by atomic mass is 9.75. The fourth-order valence-corrected chi connectivity index (χ4v) is 3.24. The van der Waals surface area contributed by atoms with Crippen molar-refractivity contribution in [3.8, 4) is 0 Å². The van der Waals surface area contributed by atoms with Crippen LogP contribution in [0.15, 0.2) is 23.4 Å². The first-order chi connectivity index (χ1) is 9.91. The third kappa shape index (κ3) is 4.21. The van der Waals surface area contributed by atoms with Gasteiger partial charge >= 0.3 is 0 Å². The molecule has 2 rings (SSSR count). The molecular weight excluding hydrogens is 262 g/mol. The molecule has 1 unspecified atom stereocenters. The van der Waals surface area contributed by atoms with Crippen molar-refractivity contribution in [2.24, 2.45) is 16.3 Å². The van der Waals surface area contributed by atoms with Gasteiger partial charge in [0, 0.05) is 18.2 Å². The van der Waals surface area contributed by atoms with Gasteiger partial charge < -0.3 is 16.3 Å². The number of nitrogens with zero attached hydrogens (tertiary/aromatic N) is 1. The van der Waals surface area contributed by atoms with Crippen molar-refractivity contribution >= 4 is 5.84 Å². The minimum atomic E-state index is 0.159. The van der Waals surface area contributed by atoms with E-state index < -0.39 is 0 Å². The lowest BCUT2D eigenvalue weighted by molar-refractivity contribution is 0.197. The first kappa shape index (κ1) is 15.8. The Balaban J connectivity index is 1.97. The largest absolute Gasteiger partial charge is 0.409 e. The van der Waals surface area contributed by atoms with Crippen LogP contribution in [0.5, 0.6) is 0 Å². The summed E-state index contributed by atoms with van der Waals surface area (Å²) in [5.41, 5.74) is 9.28. The Morgan fingerprint density at radius 1 is 1.48 bits per heavy atom. The molecule has 0 aliphatic heterocycles. The number of aryl methyl sites for hydroxylation is 1. The van der Waals surface area contributed by atoms with Gasteiger partial charge in [0.05, 0.1) is 0 Å². The number of hydrogen-bond donors (Lipinski definition) is 3. The Hall–Kier alpha value is -1.55. The molecule has 4 nitrogen and oxygen atoms in total. The molecule has 1 aliphatic carbocycles. The molecule has 0 aromatic heterocycles. The highest BCUT2D eigenvalue weighted by atomic mass is 16.4. The van der Waals surface area contributed by atoms with Gasteiger partial charge in [0.25, 0.3) is 0 Å². The zero-order valence-electron chi connectivity index (χ0n) is 13.3. The summed E-state index contributed by atoms with van der Waals surface area (Å²) in [6.45, 7) is 7.66. The van der Waals surface area contributed by atoms with E-state index in [1.165, 1.54) is 36.8 Å². The predicted molar refractivity (Wildman–Crippen MR) is 86.6 cm³/mol. The summed E-state index contributed by atoms with van der Waals surface area (Å²) in [6, 6.07) is 6.54. The average Bonchev–Trinajstić information content (AvgIpc) is 2.44. The third-order valence-corrected chi connectivity index (χ3v) is 4.53. The number of benzene rings is 1. The minimum Gasteiger partial charge on any atom is -0.409 e. The van der Waals surface area contributed by atoms with E-state index in [1.807, 2.05) is 12.1 Å². The topological polar surface area (TPSA) is 70.6 Å². The van der Waals surface area contributed by atoms with Crippen molar-refractivity contribution in [2.45, 2.75) is 59.0 Å². The van der Waals surface area contributed by atoms with Crippen LogP contribution in [-0.2, 0) is 6.54 Å². The second kappa shape index (κ2) is 6.48. The van der Waals surface area contributed by atoms with E-state index >= 15 is 0 Å². The quantitative estimate of drug-likeness (QED) is 0.345. The van der Waals surface area contributed by atoms with E-state index in [4.69, 9.17) is 10.9 Å². The summed E-state index contributed by atoms with van der Waals surface area (Å²) in [4.78, 5) is 0. The fourth-order valence-electron chi connectivity index (χ4n) is 3.24. The predicted octanol–water partition coefficient (Wildman–Crippen LogP) is 3.15. The second-order valence-electron chi connectivity index (χ2n) is 6.96. The summed E-state index contributed by atoms with van der Waals surface area (Å²) in [5.74, 6) is 0.159. The molecule has 1 saturated carbocycles. The van der Waals surface area contributed by atoms with Crippen LogP contribution < -0.4 is 11.1 Å². The van der Waals surface area contributed by atoms with Crippen molar-refractivity contribution in [3.63, 3.8) is 0 Å². The standard InChI is InChI=1S/C17H27N3O/c1-12-9-13(16(18)20-21)6-7-14(12)11-19-15-5-4-8-17(2,3)10-15/h6-7,9,15,19,21H,4-5,8,10-11H2,1-3H3,(H2,18,20). The first-order valence-corrected chi connectivity index (χ1v) is 7.72. The molecule has 4 N–H and O–H groups in total. The molecule has 1 fully saturated rings. The fraction of sp³-hybridized carbons (Fsp3) is 0.588. The summed E-state index contributed by atoms with van der Waals surface area (Å²) >= 11 is 0. The van der Waals surface area contributed by atoms with Crippen molar-refractivity contribution in [3.05, 3.63) is 34.9 Å². The van der Waals surface area contributed by atoms with Gasteiger partial charge in [0.1, 0.15) is 0 Å². The molecule has 116 valence electrons. The van der Waals surface area contributed by atoms with Crippen LogP contribution in [0.1, 0.15) is 56.2 Å². The summed E-state index contributed by atoms with van der Waals surface area (Å²) < 4.78 is 0. The Bertz CT molecular complexity index is 523. The highest BCUT2D eigenvalue weighted by Crippen LogP contribution is 2.35. The zero-order chi connectivity index (χ0) is 15.5. The van der Waals surface area contributed by atoms with E-state index in [2.05, 4.69) is 37.3 Å². The maximum atomic E-state index is 8.72. The van der Waals surface area contributed by atoms with Crippen LogP contribution >= 0.6 is 0 Å². The molecule has 1 aromatic carbocycles. The lowest BCUT2D eigenvalue weighted by Gasteiger charge is -2.35. The SMILES string of the molecule is Cc1cc(/C(N)=N/O)ccc1CNC1CCCC(C)(C)C1. The molecule has 0 spiro atoms. The van der Waals surface area contributed by atoms with E-state index in [9.17, 15) is 0 Å². The van der Waals surface area contributed by atoms with Gasteiger partial charge in [-0.05, 0) is 48.8 Å². The molecule has 4 heteroatoms. The van der Waals surface area contributed by atoms with E-state index in [0.717, 1.165) is 12.1 Å². The monoisotopic (exact) mass is 289 g/mol. The number of oxime groups is 1. The van der Waals surface area contributed by atoms with Gasteiger partial charge in [-0.15, -0.1) is 0 Å². The zero-order valence-corrected chi connectivity index (χ0v) is 13.3. The third-order valence-electron chi connectivity index (χ3n) is 4.53. The summed E-state index contributed by atoms with van der Waals surface area (Å²) in [7, 11) is 0. The highest BCUT2D eigenvalue weighted by Gasteiger charge is 2.27. The molecule has 0 amide bonds. The van der Waals surface area contributed by atoms with Crippen LogP contribution in [0.3, 0.4) is 0 Å². The van der Waals surface area contributed by atoms with Gasteiger partial charge in [0.2, 0.25) is 0 Å². The van der Waals surface area contributed by atoms with Gasteiger partial charge in [-0.1, -0.05) is 37.6 Å². The Labute approximate surface area is 127 Å². The lowest BCUT2D eigenvalue weighted by Crippen LogP contribution is -2.37. The average molecular weight is 289 g/mol. The smallest absolute Gasteiger partial charge is 0.170 e. The van der Waals surface area contributed by atoms with Gasteiger partial charge in [-0.2, -0.15) is 0 Å². The Morgan fingerprint density at radius 2 is 2.24 bits per heavy atom. The van der Waals surface area contributed by atoms with Crippen LogP contribution in [0, 0.1) is 12.3 Å². The molecule has 0 radical (unpaired) electrons. The van der Waals surface area contributed by atoms with Crippen molar-refractivity contribution in [2.75, 3.05) is 0 Å². The summed E-state index contributed by atoms with van der Waals surface area (Å²) in [5, 5.41) is 15.5. The summed E-state index contributed by atoms with van der Waals surface area (Å²) in [6.07, 6.45) is 5.16. The van der Waals surface area contributed by atoms with Crippen LogP contribution in [0.25, 0.3) is 0 Å².